The molecule has 1 aromatic heterocycles. The number of rotatable bonds is 17. The van der Waals surface area contributed by atoms with Crippen LogP contribution in [-0.2, 0) is 59.8 Å². The van der Waals surface area contributed by atoms with Crippen LogP contribution >= 0.6 is 0 Å². The summed E-state index contributed by atoms with van der Waals surface area (Å²) in [6, 6.07) is 24.8. The minimum Gasteiger partial charge on any atom is -0.483 e. The molecule has 12 nitrogen and oxygen atoms in total. The summed E-state index contributed by atoms with van der Waals surface area (Å²) in [7, 11) is 0. The molecule has 0 bridgehead atoms. The average molecular weight is 763 g/mol. The monoisotopic (exact) mass is 762 g/mol. The number of aromatic nitrogens is 1. The molecule has 2 atom stereocenters. The van der Waals surface area contributed by atoms with Crippen LogP contribution in [0, 0.1) is 0 Å². The molecule has 56 heavy (non-hydrogen) atoms. The molecule has 12 heteroatoms. The molecular formula is C44H54N6O6. The fraction of sp³-hybridized carbons (Fsp3) is 0.432. The molecular weight excluding hydrogens is 709 g/mol. The van der Waals surface area contributed by atoms with E-state index < -0.39 is 12.2 Å². The van der Waals surface area contributed by atoms with Crippen molar-refractivity contribution in [2.75, 3.05) is 63.9 Å². The lowest BCUT2D eigenvalue weighted by molar-refractivity contribution is -0.126. The quantitative estimate of drug-likeness (QED) is 0.127. The molecule has 3 aliphatic heterocycles. The van der Waals surface area contributed by atoms with Crippen molar-refractivity contribution in [1.82, 2.24) is 25.4 Å². The third-order valence-corrected chi connectivity index (χ3v) is 10.8. The van der Waals surface area contributed by atoms with Crippen LogP contribution in [0.15, 0.2) is 85.2 Å². The second-order valence-electron chi connectivity index (χ2n) is 15.2. The summed E-state index contributed by atoms with van der Waals surface area (Å²) in [6.07, 6.45) is 5.98. The summed E-state index contributed by atoms with van der Waals surface area (Å²) in [5, 5.41) is 26.8. The Bertz CT molecular complexity index is 1940. The van der Waals surface area contributed by atoms with Crippen molar-refractivity contribution >= 4 is 17.5 Å². The largest absolute Gasteiger partial charge is 0.483 e. The number of hydrogen-bond donors (Lipinski definition) is 4. The first-order valence-electron chi connectivity index (χ1n) is 19.8. The van der Waals surface area contributed by atoms with Gasteiger partial charge in [0.1, 0.15) is 12.4 Å². The predicted molar refractivity (Wildman–Crippen MR) is 214 cm³/mol. The maximum atomic E-state index is 12.7. The third kappa shape index (κ3) is 10.9. The van der Waals surface area contributed by atoms with Crippen molar-refractivity contribution in [3.63, 3.8) is 0 Å². The van der Waals surface area contributed by atoms with Gasteiger partial charge < -0.3 is 35.2 Å². The lowest BCUT2D eigenvalue weighted by Gasteiger charge is -2.32. The second-order valence-corrected chi connectivity index (χ2v) is 15.2. The highest BCUT2D eigenvalue weighted by molar-refractivity contribution is 5.78. The zero-order valence-electron chi connectivity index (χ0n) is 32.1. The summed E-state index contributed by atoms with van der Waals surface area (Å²) in [5.74, 6) is 0.158. The number of hydrogen-bond acceptors (Lipinski definition) is 10. The number of aliphatic hydroxyl groups excluding tert-OH is 2. The van der Waals surface area contributed by atoms with Crippen molar-refractivity contribution < 1.29 is 29.3 Å². The van der Waals surface area contributed by atoms with Crippen LogP contribution in [0.25, 0.3) is 0 Å². The van der Waals surface area contributed by atoms with Crippen molar-refractivity contribution in [2.45, 2.75) is 64.1 Å². The lowest BCUT2D eigenvalue weighted by atomic mass is 10.00. The van der Waals surface area contributed by atoms with Crippen LogP contribution in [0.2, 0.25) is 0 Å². The molecule has 4 heterocycles. The number of aliphatic hydroxyl groups is 2. The minimum absolute atomic E-state index is 0.108. The standard InChI is InChI=1S/C44H54N6O6/c51-38(27-48-17-14-34-7-1-3-9-36(34)25-48)22-46-43(53)30-55-29-33-19-32(20-45-21-33)24-50-16-6-11-40-41(50)12-5-13-42(40)56-31-44(54)47-23-39(52)28-49-18-15-35-8-2-4-10-37(35)26-49/h1-5,7-10,12-13,19-21,38-39,51-52H,6,11,14-18,22-31H2,(H,46,53)(H,47,54). The van der Waals surface area contributed by atoms with E-state index >= 15 is 0 Å². The van der Waals surface area contributed by atoms with Gasteiger partial charge in [-0.2, -0.15) is 0 Å². The average Bonchev–Trinajstić information content (AvgIpc) is 3.21. The number of carbonyl (C=O) groups is 2. The summed E-state index contributed by atoms with van der Waals surface area (Å²) in [5.41, 5.74) is 9.35. The molecule has 0 spiro atoms. The Labute approximate surface area is 329 Å². The number of anilines is 1. The fourth-order valence-electron chi connectivity index (χ4n) is 8.01. The zero-order valence-corrected chi connectivity index (χ0v) is 32.1. The van der Waals surface area contributed by atoms with Crippen LogP contribution in [-0.4, -0.2) is 108 Å². The molecule has 2 amide bonds. The van der Waals surface area contributed by atoms with E-state index in [2.05, 4.69) is 72.8 Å². The predicted octanol–water partition coefficient (Wildman–Crippen LogP) is 3.00. The van der Waals surface area contributed by atoms with E-state index in [1.165, 1.54) is 22.3 Å². The Kier molecular flexibility index (Phi) is 13.6. The molecule has 0 fully saturated rings. The smallest absolute Gasteiger partial charge is 0.258 e. The number of fused-ring (bicyclic) bond motifs is 3. The van der Waals surface area contributed by atoms with E-state index in [4.69, 9.17) is 9.47 Å². The summed E-state index contributed by atoms with van der Waals surface area (Å²) in [6.45, 7) is 6.26. The van der Waals surface area contributed by atoms with Crippen LogP contribution in [0.4, 0.5) is 5.69 Å². The number of carbonyl (C=O) groups excluding carboxylic acids is 2. The Hall–Kier alpha value is -4.85. The normalized spacial score (nSPS) is 16.6. The highest BCUT2D eigenvalue weighted by atomic mass is 16.5. The summed E-state index contributed by atoms with van der Waals surface area (Å²) >= 11 is 0. The van der Waals surface area contributed by atoms with Gasteiger partial charge in [0.15, 0.2) is 6.61 Å². The van der Waals surface area contributed by atoms with Gasteiger partial charge in [0.05, 0.1) is 18.8 Å². The van der Waals surface area contributed by atoms with Crippen LogP contribution in [0.3, 0.4) is 0 Å². The zero-order chi connectivity index (χ0) is 38.7. The molecule has 0 saturated carbocycles. The van der Waals surface area contributed by atoms with Gasteiger partial charge in [-0.1, -0.05) is 54.6 Å². The molecule has 296 valence electrons. The summed E-state index contributed by atoms with van der Waals surface area (Å²) in [4.78, 5) is 36.4. The van der Waals surface area contributed by atoms with Crippen molar-refractivity contribution in [1.29, 1.82) is 0 Å². The molecule has 4 aromatic rings. The van der Waals surface area contributed by atoms with Gasteiger partial charge in [-0.25, -0.2) is 0 Å². The Morgan fingerprint density at radius 2 is 1.32 bits per heavy atom. The Morgan fingerprint density at radius 3 is 1.98 bits per heavy atom. The van der Waals surface area contributed by atoms with E-state index in [0.29, 0.717) is 25.4 Å². The van der Waals surface area contributed by atoms with Gasteiger partial charge in [-0.05, 0) is 77.3 Å². The van der Waals surface area contributed by atoms with Crippen LogP contribution < -0.4 is 20.3 Å². The third-order valence-electron chi connectivity index (χ3n) is 10.8. The van der Waals surface area contributed by atoms with Crippen molar-refractivity contribution in [2.24, 2.45) is 0 Å². The first kappa shape index (κ1) is 39.4. The number of ether oxygens (including phenoxy) is 2. The summed E-state index contributed by atoms with van der Waals surface area (Å²) < 4.78 is 11.8. The number of β-amino-alcohol motifs (C(OH)–C–C–N with tert-alkyl or cyclic N) is 2. The lowest BCUT2D eigenvalue weighted by Crippen LogP contribution is -2.42. The molecule has 4 N–H and O–H groups in total. The number of benzene rings is 3. The number of nitrogens with zero attached hydrogens (tertiary/aromatic N) is 4. The van der Waals surface area contributed by atoms with Crippen molar-refractivity contribution in [3.8, 4) is 5.75 Å². The minimum atomic E-state index is -0.666. The number of nitrogens with one attached hydrogen (secondary N) is 2. The first-order chi connectivity index (χ1) is 27.4. The van der Waals surface area contributed by atoms with E-state index in [0.717, 1.165) is 80.8 Å². The van der Waals surface area contributed by atoms with Crippen LogP contribution in [0.1, 0.15) is 45.4 Å². The van der Waals surface area contributed by atoms with Gasteiger partial charge in [-0.3, -0.25) is 24.4 Å². The van der Waals surface area contributed by atoms with E-state index in [1.54, 1.807) is 6.20 Å². The van der Waals surface area contributed by atoms with Gasteiger partial charge in [0, 0.05) is 89.1 Å². The molecule has 3 aliphatic rings. The maximum absolute atomic E-state index is 12.7. The van der Waals surface area contributed by atoms with Gasteiger partial charge in [0.2, 0.25) is 5.91 Å². The number of amides is 2. The number of pyridine rings is 1. The molecule has 0 radical (unpaired) electrons. The highest BCUT2D eigenvalue weighted by Crippen LogP contribution is 2.35. The molecule has 0 saturated heterocycles. The van der Waals surface area contributed by atoms with Gasteiger partial charge in [0.25, 0.3) is 5.91 Å². The fourth-order valence-corrected chi connectivity index (χ4v) is 8.01. The van der Waals surface area contributed by atoms with Gasteiger partial charge >= 0.3 is 0 Å². The maximum Gasteiger partial charge on any atom is 0.258 e. The van der Waals surface area contributed by atoms with E-state index in [1.807, 2.05) is 36.5 Å². The first-order valence-corrected chi connectivity index (χ1v) is 19.8. The highest BCUT2D eigenvalue weighted by Gasteiger charge is 2.23. The Balaban J connectivity index is 0.817. The molecule has 0 aliphatic carbocycles. The Morgan fingerprint density at radius 1 is 0.714 bits per heavy atom. The topological polar surface area (TPSA) is 140 Å². The SMILES string of the molecule is O=C(COCc1cncc(CN2CCCc3c(OCC(=O)NCC(O)CN4CCc5ccccc5C4)cccc32)c1)NCC(O)CN1CCc2ccccc2C1. The second kappa shape index (κ2) is 19.3. The van der Waals surface area contributed by atoms with Crippen LogP contribution in [0.5, 0.6) is 5.75 Å². The van der Waals surface area contributed by atoms with Gasteiger partial charge in [-0.15, -0.1) is 0 Å². The van der Waals surface area contributed by atoms with E-state index in [-0.39, 0.29) is 44.7 Å². The molecule has 7 rings (SSSR count). The van der Waals surface area contributed by atoms with E-state index in [9.17, 15) is 19.8 Å². The molecule has 3 aromatic carbocycles. The molecule has 2 unspecified atom stereocenters. The van der Waals surface area contributed by atoms with Crippen molar-refractivity contribution in [3.05, 3.63) is 124 Å².